The van der Waals surface area contributed by atoms with Crippen LogP contribution < -0.4 is 0 Å². The minimum Gasteiger partial charge on any atom is -0.194 e. The molecule has 0 radical (unpaired) electrons. The molecule has 102 valence electrons. The summed E-state index contributed by atoms with van der Waals surface area (Å²) < 4.78 is 61.3. The molecule has 0 fully saturated rings. The highest BCUT2D eigenvalue weighted by atomic mass is 32.2. The zero-order valence-electron chi connectivity index (χ0n) is 9.86. The van der Waals surface area contributed by atoms with Gasteiger partial charge in [0.15, 0.2) is 0 Å². The molecule has 7 heteroatoms. The summed E-state index contributed by atoms with van der Waals surface area (Å²) in [5, 5.41) is 0. The van der Waals surface area contributed by atoms with Gasteiger partial charge in [-0.15, -0.1) is 13.2 Å². The van der Waals surface area contributed by atoms with Gasteiger partial charge in [0.2, 0.25) is 0 Å². The third-order valence-corrected chi connectivity index (χ3v) is 3.81. The molecule has 3 nitrogen and oxygen atoms in total. The van der Waals surface area contributed by atoms with E-state index in [9.17, 15) is 21.6 Å². The molecule has 0 aliphatic rings. The second-order valence-electron chi connectivity index (χ2n) is 3.86. The van der Waals surface area contributed by atoms with Crippen molar-refractivity contribution in [3.63, 3.8) is 0 Å². The smallest absolute Gasteiger partial charge is 0.194 e. The van der Waals surface area contributed by atoms with Crippen molar-refractivity contribution in [1.82, 2.24) is 0 Å². The lowest BCUT2D eigenvalue weighted by Gasteiger charge is -2.11. The van der Waals surface area contributed by atoms with Crippen LogP contribution >= 0.6 is 0 Å². The minimum absolute atomic E-state index is 0.213. The fourth-order valence-electron chi connectivity index (χ4n) is 1.37. The van der Waals surface area contributed by atoms with E-state index in [1.807, 2.05) is 13.8 Å². The van der Waals surface area contributed by atoms with E-state index in [0.29, 0.717) is 0 Å². The van der Waals surface area contributed by atoms with Crippen molar-refractivity contribution >= 4 is 10.1 Å². The van der Waals surface area contributed by atoms with Gasteiger partial charge in [0.05, 0.1) is 4.90 Å². The van der Waals surface area contributed by atoms with E-state index in [1.165, 1.54) is 12.1 Å². The lowest BCUT2D eigenvalue weighted by molar-refractivity contribution is -0.271. The summed E-state index contributed by atoms with van der Waals surface area (Å²) in [4.78, 5) is -0.508. The Morgan fingerprint density at radius 2 is 1.72 bits per heavy atom. The van der Waals surface area contributed by atoms with Gasteiger partial charge in [0.1, 0.15) is 0 Å². The van der Waals surface area contributed by atoms with Gasteiger partial charge in [-0.05, 0) is 30.0 Å². The summed E-state index contributed by atoms with van der Waals surface area (Å²) in [5.41, 5.74) is 0.864. The van der Waals surface area contributed by atoms with Gasteiger partial charge in [-0.25, -0.2) is 0 Å². The molecular formula is C11H13F3O3S. The molecule has 0 saturated heterocycles. The van der Waals surface area contributed by atoms with Crippen LogP contribution in [0.2, 0.25) is 0 Å². The fourth-order valence-corrected chi connectivity index (χ4v) is 2.19. The van der Waals surface area contributed by atoms with Gasteiger partial charge in [0.25, 0.3) is 0 Å². The summed E-state index contributed by atoms with van der Waals surface area (Å²) in [5.74, 6) is 0.213. The van der Waals surface area contributed by atoms with Crippen LogP contribution in [0.1, 0.15) is 31.7 Å². The van der Waals surface area contributed by atoms with Crippen molar-refractivity contribution in [3.05, 3.63) is 29.8 Å². The molecule has 0 amide bonds. The first-order chi connectivity index (χ1) is 8.15. The third-order valence-electron chi connectivity index (χ3n) is 2.55. The summed E-state index contributed by atoms with van der Waals surface area (Å²) in [6.45, 7) is 3.90. The summed E-state index contributed by atoms with van der Waals surface area (Å²) in [6.07, 6.45) is -4.36. The highest BCUT2D eigenvalue weighted by Gasteiger charge is 2.37. The highest BCUT2D eigenvalue weighted by Crippen LogP contribution is 2.26. The summed E-state index contributed by atoms with van der Waals surface area (Å²) in [7, 11) is -4.79. The van der Waals surface area contributed by atoms with Gasteiger partial charge >= 0.3 is 16.5 Å². The molecule has 0 aliphatic heterocycles. The number of hydrogen-bond donors (Lipinski definition) is 0. The van der Waals surface area contributed by atoms with Crippen LogP contribution in [0.15, 0.2) is 29.2 Å². The minimum atomic E-state index is -5.21. The molecule has 0 heterocycles. The number of alkyl halides is 3. The van der Waals surface area contributed by atoms with Crippen LogP contribution in [0.5, 0.6) is 0 Å². The molecule has 0 saturated carbocycles. The van der Waals surface area contributed by atoms with E-state index in [2.05, 4.69) is 4.18 Å². The van der Waals surface area contributed by atoms with Crippen LogP contribution in [0, 0.1) is 0 Å². The van der Waals surface area contributed by atoms with Gasteiger partial charge in [-0.1, -0.05) is 26.0 Å². The molecule has 0 aromatic heterocycles. The maximum atomic E-state index is 11.9. The van der Waals surface area contributed by atoms with E-state index < -0.39 is 21.4 Å². The van der Waals surface area contributed by atoms with Gasteiger partial charge in [0, 0.05) is 0 Å². The van der Waals surface area contributed by atoms with Gasteiger partial charge < -0.3 is 0 Å². The SMILES string of the molecule is CCC(C)c1ccc(S(=O)(=O)OC(F)(F)F)cc1. The van der Waals surface area contributed by atoms with Crippen molar-refractivity contribution in [1.29, 1.82) is 0 Å². The second-order valence-corrected chi connectivity index (χ2v) is 5.41. The zero-order valence-corrected chi connectivity index (χ0v) is 10.7. The molecule has 0 N–H and O–H groups in total. The first-order valence-corrected chi connectivity index (χ1v) is 6.69. The van der Waals surface area contributed by atoms with Crippen molar-refractivity contribution < 1.29 is 25.8 Å². The van der Waals surface area contributed by atoms with Crippen molar-refractivity contribution in [2.45, 2.75) is 37.4 Å². The fraction of sp³-hybridized carbons (Fsp3) is 0.455. The third kappa shape index (κ3) is 3.99. The molecule has 1 rings (SSSR count). The number of halogens is 3. The number of benzene rings is 1. The summed E-state index contributed by atoms with van der Waals surface area (Å²) in [6, 6.07) is 5.20. The monoisotopic (exact) mass is 282 g/mol. The Morgan fingerprint density at radius 3 is 2.11 bits per heavy atom. The maximum absolute atomic E-state index is 11.9. The number of hydrogen-bond acceptors (Lipinski definition) is 3. The van der Waals surface area contributed by atoms with Crippen LogP contribution in [-0.4, -0.2) is 14.8 Å². The van der Waals surface area contributed by atoms with Crippen molar-refractivity contribution in [3.8, 4) is 0 Å². The van der Waals surface area contributed by atoms with E-state index in [0.717, 1.165) is 24.1 Å². The second kappa shape index (κ2) is 5.27. The Bertz CT molecular complexity index is 491. The Labute approximate surface area is 104 Å². The number of rotatable bonds is 4. The largest absolute Gasteiger partial charge is 0.537 e. The first-order valence-electron chi connectivity index (χ1n) is 5.28. The lowest BCUT2D eigenvalue weighted by atomic mass is 9.99. The Hall–Kier alpha value is -1.08. The lowest BCUT2D eigenvalue weighted by Crippen LogP contribution is -2.19. The van der Waals surface area contributed by atoms with E-state index >= 15 is 0 Å². The Morgan fingerprint density at radius 1 is 1.22 bits per heavy atom. The molecule has 1 unspecified atom stereocenters. The molecule has 1 atom stereocenters. The van der Waals surface area contributed by atoms with Gasteiger partial charge in [-0.3, -0.25) is 0 Å². The predicted octanol–water partition coefficient (Wildman–Crippen LogP) is 3.43. The van der Waals surface area contributed by atoms with Crippen LogP contribution in [0.3, 0.4) is 0 Å². The van der Waals surface area contributed by atoms with E-state index in [1.54, 1.807) is 0 Å². The molecule has 0 aliphatic carbocycles. The molecule has 1 aromatic carbocycles. The Kier molecular flexibility index (Phi) is 4.39. The standard InChI is InChI=1S/C11H13F3O3S/c1-3-8(2)9-4-6-10(7-5-9)18(15,16)17-11(12,13)14/h4-8H,3H2,1-2H3. The van der Waals surface area contributed by atoms with Crippen LogP contribution in [0.25, 0.3) is 0 Å². The van der Waals surface area contributed by atoms with Crippen molar-refractivity contribution in [2.24, 2.45) is 0 Å². The first kappa shape index (κ1) is 15.0. The average molecular weight is 282 g/mol. The quantitative estimate of drug-likeness (QED) is 0.795. The van der Waals surface area contributed by atoms with Crippen LogP contribution in [0.4, 0.5) is 13.2 Å². The molecular weight excluding hydrogens is 269 g/mol. The summed E-state index contributed by atoms with van der Waals surface area (Å²) >= 11 is 0. The highest BCUT2D eigenvalue weighted by molar-refractivity contribution is 7.86. The predicted molar refractivity (Wildman–Crippen MR) is 59.5 cm³/mol. The zero-order chi connectivity index (χ0) is 14.0. The van der Waals surface area contributed by atoms with Crippen LogP contribution in [-0.2, 0) is 14.3 Å². The van der Waals surface area contributed by atoms with Crippen molar-refractivity contribution in [2.75, 3.05) is 0 Å². The molecule has 1 aromatic rings. The normalized spacial score (nSPS) is 14.5. The molecule has 0 bridgehead atoms. The van der Waals surface area contributed by atoms with E-state index in [-0.39, 0.29) is 5.92 Å². The topological polar surface area (TPSA) is 43.4 Å². The maximum Gasteiger partial charge on any atom is 0.537 e. The average Bonchev–Trinajstić information content (AvgIpc) is 2.25. The Balaban J connectivity index is 2.98. The van der Waals surface area contributed by atoms with E-state index in [4.69, 9.17) is 0 Å². The van der Waals surface area contributed by atoms with Gasteiger partial charge in [-0.2, -0.15) is 12.6 Å². The molecule has 18 heavy (non-hydrogen) atoms. The molecule has 0 spiro atoms.